The molecule has 136 valence electrons. The first kappa shape index (κ1) is 18.0. The van der Waals surface area contributed by atoms with Crippen LogP contribution in [-0.2, 0) is 12.6 Å². The Bertz CT molecular complexity index is 829. The summed E-state index contributed by atoms with van der Waals surface area (Å²) in [5.74, 6) is -0.154. The predicted molar refractivity (Wildman–Crippen MR) is 87.7 cm³/mol. The Kier molecular flexibility index (Phi) is 5.27. The number of alkyl halides is 3. The highest BCUT2D eigenvalue weighted by Gasteiger charge is 2.36. The summed E-state index contributed by atoms with van der Waals surface area (Å²) in [7, 11) is 0. The van der Waals surface area contributed by atoms with Crippen LogP contribution in [0.15, 0.2) is 65.2 Å². The molecule has 0 aliphatic rings. The number of hydrogen-bond donors (Lipinski definition) is 1. The molecule has 1 unspecified atom stereocenters. The van der Waals surface area contributed by atoms with Crippen LogP contribution in [0.1, 0.15) is 29.7 Å². The fraction of sp³-hybridized carbons (Fsp3) is 0.211. The molecule has 3 aromatic rings. The summed E-state index contributed by atoms with van der Waals surface area (Å²) in [4.78, 5) is 3.50. The van der Waals surface area contributed by atoms with Gasteiger partial charge in [-0.05, 0) is 42.7 Å². The Labute approximate surface area is 147 Å². The third-order valence-electron chi connectivity index (χ3n) is 3.70. The Morgan fingerprint density at radius 1 is 1.00 bits per heavy atom. The van der Waals surface area contributed by atoms with Gasteiger partial charge >= 0.3 is 6.18 Å². The highest BCUT2D eigenvalue weighted by atomic mass is 19.4. The number of aliphatic hydroxyl groups excluding tert-OH is 1. The van der Waals surface area contributed by atoms with Crippen molar-refractivity contribution in [1.29, 1.82) is 0 Å². The highest BCUT2D eigenvalue weighted by molar-refractivity contribution is 5.33. The predicted octanol–water partition coefficient (Wildman–Crippen LogP) is 5.15. The van der Waals surface area contributed by atoms with Crippen molar-refractivity contribution < 1.29 is 27.4 Å². The number of hydrogen-bond acceptors (Lipinski definition) is 4. The molecule has 0 radical (unpaired) electrons. The van der Waals surface area contributed by atoms with E-state index >= 15 is 0 Å². The zero-order chi connectivity index (χ0) is 18.6. The van der Waals surface area contributed by atoms with E-state index in [0.717, 1.165) is 11.3 Å². The summed E-state index contributed by atoms with van der Waals surface area (Å²) in [5, 5.41) is 9.96. The first-order chi connectivity index (χ1) is 12.4. The lowest BCUT2D eigenvalue weighted by atomic mass is 10.1. The quantitative estimate of drug-likeness (QED) is 0.658. The van der Waals surface area contributed by atoms with Crippen LogP contribution in [0.3, 0.4) is 0 Å². The molecular formula is C19H16F3NO3. The number of ether oxygens (including phenoxy) is 1. The molecule has 0 spiro atoms. The number of nitrogens with zero attached hydrogens (tertiary/aromatic N) is 1. The third kappa shape index (κ3) is 4.64. The number of aliphatic hydroxyl groups is 1. The minimum Gasteiger partial charge on any atom is -0.457 e. The van der Waals surface area contributed by atoms with E-state index in [0.29, 0.717) is 18.4 Å². The largest absolute Gasteiger partial charge is 0.457 e. The van der Waals surface area contributed by atoms with Crippen molar-refractivity contribution in [3.05, 3.63) is 78.0 Å². The SMILES string of the molecule is OC(CCc1ccc(Oc2ccccc2)cc1)c1ncc(C(F)(F)F)o1. The Balaban J connectivity index is 1.55. The second-order valence-electron chi connectivity index (χ2n) is 5.67. The van der Waals surface area contributed by atoms with Crippen LogP contribution in [0.2, 0.25) is 0 Å². The fourth-order valence-corrected chi connectivity index (χ4v) is 2.35. The summed E-state index contributed by atoms with van der Waals surface area (Å²) >= 11 is 0. The van der Waals surface area contributed by atoms with Crippen molar-refractivity contribution in [1.82, 2.24) is 4.98 Å². The number of oxazole rings is 1. The monoisotopic (exact) mass is 363 g/mol. The average Bonchev–Trinajstić information content (AvgIpc) is 3.12. The fourth-order valence-electron chi connectivity index (χ4n) is 2.35. The van der Waals surface area contributed by atoms with E-state index in [9.17, 15) is 18.3 Å². The van der Waals surface area contributed by atoms with Gasteiger partial charge in [0.05, 0.1) is 6.20 Å². The molecule has 1 aromatic heterocycles. The normalized spacial score (nSPS) is 12.8. The second-order valence-corrected chi connectivity index (χ2v) is 5.67. The van der Waals surface area contributed by atoms with Crippen molar-refractivity contribution in [2.24, 2.45) is 0 Å². The number of para-hydroxylation sites is 1. The van der Waals surface area contributed by atoms with E-state index < -0.39 is 18.0 Å². The van der Waals surface area contributed by atoms with Crippen LogP contribution in [0.4, 0.5) is 13.2 Å². The van der Waals surface area contributed by atoms with Gasteiger partial charge in [0.15, 0.2) is 0 Å². The Morgan fingerprint density at radius 3 is 2.27 bits per heavy atom. The average molecular weight is 363 g/mol. The maximum Gasteiger partial charge on any atom is 0.451 e. The van der Waals surface area contributed by atoms with Crippen molar-refractivity contribution in [2.45, 2.75) is 25.1 Å². The number of halogens is 3. The molecule has 4 nitrogen and oxygen atoms in total. The van der Waals surface area contributed by atoms with Crippen LogP contribution < -0.4 is 4.74 Å². The summed E-state index contributed by atoms with van der Waals surface area (Å²) in [6.45, 7) is 0. The molecule has 0 amide bonds. The van der Waals surface area contributed by atoms with Crippen molar-refractivity contribution in [2.75, 3.05) is 0 Å². The van der Waals surface area contributed by atoms with Crippen molar-refractivity contribution in [3.63, 3.8) is 0 Å². The summed E-state index contributed by atoms with van der Waals surface area (Å²) in [6.07, 6.45) is -4.59. The van der Waals surface area contributed by atoms with Crippen LogP contribution in [0.5, 0.6) is 11.5 Å². The Hall–Kier alpha value is -2.80. The topological polar surface area (TPSA) is 55.5 Å². The zero-order valence-electron chi connectivity index (χ0n) is 13.6. The number of rotatable bonds is 6. The molecule has 0 bridgehead atoms. The lowest BCUT2D eigenvalue weighted by Crippen LogP contribution is -2.03. The van der Waals surface area contributed by atoms with E-state index in [2.05, 4.69) is 9.40 Å². The molecule has 1 N–H and O–H groups in total. The summed E-state index contributed by atoms with van der Waals surface area (Å²) in [6, 6.07) is 16.6. The molecule has 7 heteroatoms. The van der Waals surface area contributed by atoms with Gasteiger partial charge in [0.1, 0.15) is 17.6 Å². The Morgan fingerprint density at radius 2 is 1.65 bits per heavy atom. The van der Waals surface area contributed by atoms with Gasteiger partial charge in [0.25, 0.3) is 0 Å². The first-order valence-corrected chi connectivity index (χ1v) is 7.94. The van der Waals surface area contributed by atoms with E-state index in [4.69, 9.17) is 4.74 Å². The zero-order valence-corrected chi connectivity index (χ0v) is 13.6. The smallest absolute Gasteiger partial charge is 0.451 e. The van der Waals surface area contributed by atoms with Crippen LogP contribution in [-0.4, -0.2) is 10.1 Å². The standard InChI is InChI=1S/C19H16F3NO3/c20-19(21,22)17-12-23-18(26-17)16(24)11-8-13-6-9-15(10-7-13)25-14-4-2-1-3-5-14/h1-7,9-10,12,16,24H,8,11H2. The van der Waals surface area contributed by atoms with E-state index in [1.165, 1.54) is 0 Å². The van der Waals surface area contributed by atoms with E-state index in [1.807, 2.05) is 42.5 Å². The number of benzene rings is 2. The molecule has 0 aliphatic carbocycles. The lowest BCUT2D eigenvalue weighted by molar-refractivity contribution is -0.154. The third-order valence-corrected chi connectivity index (χ3v) is 3.70. The van der Waals surface area contributed by atoms with E-state index in [1.54, 1.807) is 12.1 Å². The van der Waals surface area contributed by atoms with E-state index in [-0.39, 0.29) is 12.3 Å². The van der Waals surface area contributed by atoms with Gasteiger partial charge in [-0.15, -0.1) is 0 Å². The minimum absolute atomic E-state index is 0.191. The maximum atomic E-state index is 12.5. The molecule has 1 heterocycles. The van der Waals surface area contributed by atoms with Crippen LogP contribution >= 0.6 is 0 Å². The van der Waals surface area contributed by atoms with Gasteiger partial charge in [-0.2, -0.15) is 13.2 Å². The molecular weight excluding hydrogens is 347 g/mol. The number of aromatic nitrogens is 1. The lowest BCUT2D eigenvalue weighted by Gasteiger charge is -2.09. The molecule has 0 aliphatic heterocycles. The second kappa shape index (κ2) is 7.61. The molecule has 0 saturated carbocycles. The molecule has 1 atom stereocenters. The molecule has 2 aromatic carbocycles. The first-order valence-electron chi connectivity index (χ1n) is 7.94. The van der Waals surface area contributed by atoms with Gasteiger partial charge in [0.2, 0.25) is 11.7 Å². The molecule has 3 rings (SSSR count). The van der Waals surface area contributed by atoms with Crippen LogP contribution in [0, 0.1) is 0 Å². The minimum atomic E-state index is -4.61. The number of aryl methyl sites for hydroxylation is 1. The maximum absolute atomic E-state index is 12.5. The van der Waals surface area contributed by atoms with Crippen LogP contribution in [0.25, 0.3) is 0 Å². The van der Waals surface area contributed by atoms with Gasteiger partial charge < -0.3 is 14.3 Å². The molecule has 0 fully saturated rings. The molecule has 0 saturated heterocycles. The highest BCUT2D eigenvalue weighted by Crippen LogP contribution is 2.31. The van der Waals surface area contributed by atoms with Crippen molar-refractivity contribution in [3.8, 4) is 11.5 Å². The van der Waals surface area contributed by atoms with Gasteiger partial charge in [-0.25, -0.2) is 4.98 Å². The molecule has 26 heavy (non-hydrogen) atoms. The van der Waals surface area contributed by atoms with Gasteiger partial charge in [-0.3, -0.25) is 0 Å². The van der Waals surface area contributed by atoms with Crippen molar-refractivity contribution >= 4 is 0 Å². The van der Waals surface area contributed by atoms with Gasteiger partial charge in [0, 0.05) is 0 Å². The van der Waals surface area contributed by atoms with Gasteiger partial charge in [-0.1, -0.05) is 30.3 Å². The summed E-state index contributed by atoms with van der Waals surface area (Å²) in [5.41, 5.74) is 0.909. The summed E-state index contributed by atoms with van der Waals surface area (Å²) < 4.78 is 47.7.